The van der Waals surface area contributed by atoms with Crippen molar-refractivity contribution in [3.05, 3.63) is 42.7 Å². The smallest absolute Gasteiger partial charge is 0.327 e. The van der Waals surface area contributed by atoms with Crippen molar-refractivity contribution in [2.45, 2.75) is 13.3 Å². The molecule has 1 aliphatic rings. The first-order valence-electron chi connectivity index (χ1n) is 6.89. The lowest BCUT2D eigenvalue weighted by Crippen LogP contribution is -2.28. The van der Waals surface area contributed by atoms with Gasteiger partial charge in [0, 0.05) is 12.4 Å². The zero-order chi connectivity index (χ0) is 15.7. The fourth-order valence-corrected chi connectivity index (χ4v) is 3.24. The molecule has 0 fully saturated rings. The number of fused-ring (bicyclic) bond motifs is 1. The fourth-order valence-electron chi connectivity index (χ4n) is 2.27. The first kappa shape index (κ1) is 14.5. The minimum absolute atomic E-state index is 0.105. The molecule has 0 radical (unpaired) electrons. The SMILES string of the molecule is CCCOc1ccc2cc(O)c(N3C=CNS3(=O)=O)cc2c1. The summed E-state index contributed by atoms with van der Waals surface area (Å²) < 4.78 is 32.6. The quantitative estimate of drug-likeness (QED) is 0.907. The van der Waals surface area contributed by atoms with E-state index >= 15 is 0 Å². The molecule has 3 rings (SSSR count). The Morgan fingerprint density at radius 1 is 1.23 bits per heavy atom. The summed E-state index contributed by atoms with van der Waals surface area (Å²) in [7, 11) is -3.67. The van der Waals surface area contributed by atoms with Crippen molar-refractivity contribution in [2.24, 2.45) is 0 Å². The van der Waals surface area contributed by atoms with Crippen molar-refractivity contribution in [1.29, 1.82) is 0 Å². The van der Waals surface area contributed by atoms with Crippen LogP contribution in [-0.4, -0.2) is 20.1 Å². The predicted molar refractivity (Wildman–Crippen MR) is 85.1 cm³/mol. The molecule has 0 atom stereocenters. The van der Waals surface area contributed by atoms with Crippen molar-refractivity contribution >= 4 is 26.7 Å². The molecule has 0 saturated heterocycles. The van der Waals surface area contributed by atoms with Gasteiger partial charge in [-0.15, -0.1) is 0 Å². The largest absolute Gasteiger partial charge is 0.506 e. The molecule has 1 aliphatic heterocycles. The molecule has 6 nitrogen and oxygen atoms in total. The molecule has 0 saturated carbocycles. The zero-order valence-corrected chi connectivity index (χ0v) is 12.8. The van der Waals surface area contributed by atoms with Gasteiger partial charge >= 0.3 is 10.2 Å². The van der Waals surface area contributed by atoms with Crippen LogP contribution in [0.1, 0.15) is 13.3 Å². The van der Waals surface area contributed by atoms with Gasteiger partial charge in [0.05, 0.1) is 6.61 Å². The van der Waals surface area contributed by atoms with E-state index < -0.39 is 10.2 Å². The van der Waals surface area contributed by atoms with Gasteiger partial charge in [0.25, 0.3) is 0 Å². The Hall–Kier alpha value is -2.41. The van der Waals surface area contributed by atoms with Crippen LogP contribution in [0.5, 0.6) is 11.5 Å². The Kier molecular flexibility index (Phi) is 3.58. The van der Waals surface area contributed by atoms with Crippen molar-refractivity contribution in [1.82, 2.24) is 4.72 Å². The minimum Gasteiger partial charge on any atom is -0.506 e. The van der Waals surface area contributed by atoms with Crippen LogP contribution in [0, 0.1) is 0 Å². The molecule has 22 heavy (non-hydrogen) atoms. The molecule has 0 aliphatic carbocycles. The highest BCUT2D eigenvalue weighted by Crippen LogP contribution is 2.36. The second kappa shape index (κ2) is 5.42. The summed E-state index contributed by atoms with van der Waals surface area (Å²) in [5, 5.41) is 11.7. The van der Waals surface area contributed by atoms with E-state index in [0.29, 0.717) is 12.4 Å². The molecule has 2 aromatic carbocycles. The number of benzene rings is 2. The predicted octanol–water partition coefficient (Wildman–Crippen LogP) is 2.46. The highest BCUT2D eigenvalue weighted by Gasteiger charge is 2.26. The summed E-state index contributed by atoms with van der Waals surface area (Å²) in [6.07, 6.45) is 3.56. The standard InChI is InChI=1S/C15H16N2O4S/c1-2-7-21-13-4-3-11-10-15(18)14(9-12(11)8-13)17-6-5-16-22(17,19)20/h3-6,8-10,16,18H,2,7H2,1H3. The lowest BCUT2D eigenvalue weighted by molar-refractivity contribution is 0.318. The number of hydrogen-bond donors (Lipinski definition) is 2. The van der Waals surface area contributed by atoms with Crippen LogP contribution in [-0.2, 0) is 10.2 Å². The number of phenols is 1. The van der Waals surface area contributed by atoms with Crippen LogP contribution in [0.15, 0.2) is 42.7 Å². The second-order valence-electron chi connectivity index (χ2n) is 4.93. The van der Waals surface area contributed by atoms with Gasteiger partial charge in [0.2, 0.25) is 0 Å². The van der Waals surface area contributed by atoms with E-state index in [1.165, 1.54) is 18.5 Å². The van der Waals surface area contributed by atoms with Gasteiger partial charge in [-0.25, -0.2) is 4.31 Å². The number of hydrogen-bond acceptors (Lipinski definition) is 4. The van der Waals surface area contributed by atoms with Gasteiger partial charge in [-0.05, 0) is 41.5 Å². The van der Waals surface area contributed by atoms with Crippen LogP contribution in [0.2, 0.25) is 0 Å². The topological polar surface area (TPSA) is 78.9 Å². The summed E-state index contributed by atoms with van der Waals surface area (Å²) in [5.74, 6) is 0.607. The van der Waals surface area contributed by atoms with Crippen molar-refractivity contribution in [3.8, 4) is 11.5 Å². The third-order valence-electron chi connectivity index (χ3n) is 3.30. The number of ether oxygens (including phenoxy) is 1. The van der Waals surface area contributed by atoms with Gasteiger partial charge in [-0.1, -0.05) is 13.0 Å². The van der Waals surface area contributed by atoms with Crippen LogP contribution in [0.25, 0.3) is 10.8 Å². The van der Waals surface area contributed by atoms with E-state index in [1.54, 1.807) is 6.07 Å². The third kappa shape index (κ3) is 2.55. The second-order valence-corrected chi connectivity index (χ2v) is 6.51. The van der Waals surface area contributed by atoms with Gasteiger partial charge in [0.1, 0.15) is 17.2 Å². The summed E-state index contributed by atoms with van der Waals surface area (Å²) in [6.45, 7) is 2.64. The molecule has 2 N–H and O–H groups in total. The normalized spacial score (nSPS) is 16.0. The molecule has 2 aromatic rings. The van der Waals surface area contributed by atoms with Crippen LogP contribution in [0.3, 0.4) is 0 Å². The van der Waals surface area contributed by atoms with Crippen LogP contribution >= 0.6 is 0 Å². The van der Waals surface area contributed by atoms with Gasteiger partial charge in [-0.2, -0.15) is 8.42 Å². The molecular weight excluding hydrogens is 304 g/mol. The highest BCUT2D eigenvalue weighted by molar-refractivity contribution is 7.91. The lowest BCUT2D eigenvalue weighted by atomic mass is 10.1. The Balaban J connectivity index is 2.07. The highest BCUT2D eigenvalue weighted by atomic mass is 32.2. The van der Waals surface area contributed by atoms with Crippen LogP contribution < -0.4 is 13.8 Å². The number of aromatic hydroxyl groups is 1. The van der Waals surface area contributed by atoms with Crippen molar-refractivity contribution in [2.75, 3.05) is 10.9 Å². The minimum atomic E-state index is -3.67. The lowest BCUT2D eigenvalue weighted by Gasteiger charge is -2.17. The zero-order valence-electron chi connectivity index (χ0n) is 12.0. The molecule has 1 heterocycles. The van der Waals surface area contributed by atoms with E-state index in [2.05, 4.69) is 4.72 Å². The maximum atomic E-state index is 11.9. The molecule has 0 aromatic heterocycles. The first-order valence-corrected chi connectivity index (χ1v) is 8.33. The van der Waals surface area contributed by atoms with Gasteiger partial charge in [0.15, 0.2) is 0 Å². The average molecular weight is 320 g/mol. The monoisotopic (exact) mass is 320 g/mol. The summed E-state index contributed by atoms with van der Waals surface area (Å²) in [5.41, 5.74) is 0.196. The molecule has 116 valence electrons. The Morgan fingerprint density at radius 2 is 2.05 bits per heavy atom. The van der Waals surface area contributed by atoms with E-state index in [9.17, 15) is 13.5 Å². The molecular formula is C15H16N2O4S. The number of phenolic OH excluding ortho intramolecular Hbond substituents is 1. The maximum absolute atomic E-state index is 11.9. The summed E-state index contributed by atoms with van der Waals surface area (Å²) in [4.78, 5) is 0. The van der Waals surface area contributed by atoms with Gasteiger partial charge in [-0.3, -0.25) is 4.72 Å². The number of rotatable bonds is 4. The summed E-state index contributed by atoms with van der Waals surface area (Å²) in [6, 6.07) is 8.64. The molecule has 0 amide bonds. The van der Waals surface area contributed by atoms with E-state index in [0.717, 1.165) is 21.5 Å². The molecule has 0 spiro atoms. The number of nitrogens with one attached hydrogen (secondary N) is 1. The summed E-state index contributed by atoms with van der Waals surface area (Å²) >= 11 is 0. The van der Waals surface area contributed by atoms with E-state index in [1.807, 2.05) is 25.1 Å². The molecule has 0 bridgehead atoms. The van der Waals surface area contributed by atoms with E-state index in [4.69, 9.17) is 4.74 Å². The average Bonchev–Trinajstić information content (AvgIpc) is 2.83. The van der Waals surface area contributed by atoms with Gasteiger partial charge < -0.3 is 9.84 Å². The van der Waals surface area contributed by atoms with Crippen molar-refractivity contribution < 1.29 is 18.3 Å². The maximum Gasteiger partial charge on any atom is 0.327 e. The van der Waals surface area contributed by atoms with E-state index in [-0.39, 0.29) is 11.4 Å². The Bertz CT molecular complexity index is 846. The van der Waals surface area contributed by atoms with Crippen molar-refractivity contribution in [3.63, 3.8) is 0 Å². The van der Waals surface area contributed by atoms with Crippen LogP contribution in [0.4, 0.5) is 5.69 Å². The number of nitrogens with zero attached hydrogens (tertiary/aromatic N) is 1. The Morgan fingerprint density at radius 3 is 2.73 bits per heavy atom. The fraction of sp³-hybridized carbons (Fsp3) is 0.200. The molecule has 0 unspecified atom stereocenters. The Labute approximate surface area is 128 Å². The third-order valence-corrected chi connectivity index (χ3v) is 4.57. The number of anilines is 1. The first-order chi connectivity index (χ1) is 10.5. The molecule has 7 heteroatoms.